The van der Waals surface area contributed by atoms with Gasteiger partial charge < -0.3 is 21.5 Å². The summed E-state index contributed by atoms with van der Waals surface area (Å²) < 4.78 is 0. The molecule has 0 aliphatic heterocycles. The van der Waals surface area contributed by atoms with Crippen LogP contribution in [0.4, 0.5) is 5.69 Å². The van der Waals surface area contributed by atoms with Crippen molar-refractivity contribution in [3.63, 3.8) is 0 Å². The lowest BCUT2D eigenvalue weighted by atomic mass is 9.96. The van der Waals surface area contributed by atoms with Gasteiger partial charge >= 0.3 is 5.97 Å². The fraction of sp³-hybridized carbons (Fsp3) is 0.429. The summed E-state index contributed by atoms with van der Waals surface area (Å²) in [5.41, 5.74) is 6.81. The number of nitrogens with zero attached hydrogens (tertiary/aromatic N) is 1. The molecular weight excluding hydrogens is 372 g/mol. The molecular formula is C21H28N4O4. The molecule has 0 unspecified atom stereocenters. The second kappa shape index (κ2) is 10.5. The van der Waals surface area contributed by atoms with Crippen molar-refractivity contribution in [3.8, 4) is 0 Å². The highest BCUT2D eigenvalue weighted by molar-refractivity contribution is 6.03. The maximum Gasteiger partial charge on any atom is 0.303 e. The predicted octanol–water partition coefficient (Wildman–Crippen LogP) is 2.14. The van der Waals surface area contributed by atoms with E-state index >= 15 is 0 Å². The van der Waals surface area contributed by atoms with Crippen LogP contribution in [0.2, 0.25) is 0 Å². The first-order chi connectivity index (χ1) is 13.8. The van der Waals surface area contributed by atoms with Gasteiger partial charge in [0, 0.05) is 24.5 Å². The number of benzene rings is 1. The van der Waals surface area contributed by atoms with Gasteiger partial charge in [-0.25, -0.2) is 0 Å². The summed E-state index contributed by atoms with van der Waals surface area (Å²) in [5, 5.41) is 15.7. The Morgan fingerprint density at radius 2 is 1.93 bits per heavy atom. The molecule has 8 heteroatoms. The van der Waals surface area contributed by atoms with Gasteiger partial charge in [0.05, 0.1) is 23.2 Å². The Bertz CT molecular complexity index is 863. The molecule has 0 aliphatic rings. The number of hydrogen-bond donors (Lipinski definition) is 4. The van der Waals surface area contributed by atoms with Crippen LogP contribution < -0.4 is 16.4 Å². The molecule has 0 bridgehead atoms. The van der Waals surface area contributed by atoms with E-state index in [9.17, 15) is 14.4 Å². The minimum absolute atomic E-state index is 0.0946. The molecule has 0 spiro atoms. The van der Waals surface area contributed by atoms with Gasteiger partial charge in [-0.3, -0.25) is 19.4 Å². The molecule has 2 aromatic rings. The van der Waals surface area contributed by atoms with Crippen molar-refractivity contribution in [1.29, 1.82) is 0 Å². The van der Waals surface area contributed by atoms with E-state index in [1.54, 1.807) is 24.4 Å². The Hall–Kier alpha value is -3.00. The monoisotopic (exact) mass is 400 g/mol. The standard InChI is InChI=1S/C21H28N4O4/c1-13(2)11-14(20(22)28)12-24-18(8-9-19(26)27)21(29)25-17-7-3-6-16-15(17)5-4-10-23-16/h3-7,10,13-14,18,24H,8-9,11-12H2,1-2H3,(H2,22,28)(H,25,29)(H,26,27)/t14-,18-/m0/s1. The summed E-state index contributed by atoms with van der Waals surface area (Å²) in [6.45, 7) is 4.18. The number of nitrogens with two attached hydrogens (primary N) is 1. The van der Waals surface area contributed by atoms with E-state index in [-0.39, 0.29) is 31.2 Å². The van der Waals surface area contributed by atoms with E-state index in [1.807, 2.05) is 26.0 Å². The zero-order valence-corrected chi connectivity index (χ0v) is 16.7. The Balaban J connectivity index is 2.14. The summed E-state index contributed by atoms with van der Waals surface area (Å²) in [4.78, 5) is 39.8. The van der Waals surface area contributed by atoms with Crippen LogP contribution >= 0.6 is 0 Å². The van der Waals surface area contributed by atoms with Gasteiger partial charge in [-0.15, -0.1) is 0 Å². The number of nitrogens with one attached hydrogen (secondary N) is 2. The highest BCUT2D eigenvalue weighted by atomic mass is 16.4. The molecule has 2 rings (SSSR count). The van der Waals surface area contributed by atoms with Crippen molar-refractivity contribution in [1.82, 2.24) is 10.3 Å². The maximum atomic E-state index is 12.9. The number of carbonyl (C=O) groups excluding carboxylic acids is 2. The summed E-state index contributed by atoms with van der Waals surface area (Å²) in [7, 11) is 0. The average molecular weight is 400 g/mol. The lowest BCUT2D eigenvalue weighted by Gasteiger charge is -2.22. The molecule has 0 fully saturated rings. The lowest BCUT2D eigenvalue weighted by molar-refractivity contribution is -0.137. The molecule has 1 heterocycles. The van der Waals surface area contributed by atoms with Crippen molar-refractivity contribution >= 4 is 34.4 Å². The van der Waals surface area contributed by atoms with Crippen molar-refractivity contribution in [2.24, 2.45) is 17.6 Å². The van der Waals surface area contributed by atoms with Crippen LogP contribution in [-0.2, 0) is 14.4 Å². The summed E-state index contributed by atoms with van der Waals surface area (Å²) >= 11 is 0. The topological polar surface area (TPSA) is 134 Å². The molecule has 156 valence electrons. The van der Waals surface area contributed by atoms with Crippen LogP contribution in [0.3, 0.4) is 0 Å². The number of carbonyl (C=O) groups is 3. The van der Waals surface area contributed by atoms with Crippen LogP contribution in [0.1, 0.15) is 33.1 Å². The molecule has 2 amide bonds. The molecule has 1 aromatic carbocycles. The van der Waals surface area contributed by atoms with Gasteiger partial charge in [-0.05, 0) is 43.0 Å². The van der Waals surface area contributed by atoms with E-state index in [1.165, 1.54) is 0 Å². The Kier molecular flexibility index (Phi) is 8.09. The predicted molar refractivity (Wildman–Crippen MR) is 111 cm³/mol. The number of rotatable bonds is 11. The second-order valence-electron chi connectivity index (χ2n) is 7.49. The minimum atomic E-state index is -0.993. The number of carboxylic acid groups (broad SMARTS) is 1. The molecule has 0 aliphatic carbocycles. The zero-order valence-electron chi connectivity index (χ0n) is 16.7. The quantitative estimate of drug-likeness (QED) is 0.456. The van der Waals surface area contributed by atoms with Crippen LogP contribution in [0.5, 0.6) is 0 Å². The molecule has 1 aromatic heterocycles. The van der Waals surface area contributed by atoms with E-state index in [0.717, 1.165) is 10.9 Å². The highest BCUT2D eigenvalue weighted by Crippen LogP contribution is 2.21. The van der Waals surface area contributed by atoms with Crippen LogP contribution in [0.15, 0.2) is 36.5 Å². The summed E-state index contributed by atoms with van der Waals surface area (Å²) in [6.07, 6.45) is 2.18. The van der Waals surface area contributed by atoms with Crippen molar-refractivity contribution in [2.45, 2.75) is 39.2 Å². The van der Waals surface area contributed by atoms with Crippen LogP contribution in [0, 0.1) is 11.8 Å². The first kappa shape index (κ1) is 22.3. The third kappa shape index (κ3) is 6.83. The van der Waals surface area contributed by atoms with Gasteiger partial charge in [-0.1, -0.05) is 19.9 Å². The van der Waals surface area contributed by atoms with Gasteiger partial charge in [0.25, 0.3) is 0 Å². The summed E-state index contributed by atoms with van der Waals surface area (Å²) in [5.74, 6) is -1.97. The fourth-order valence-corrected chi connectivity index (χ4v) is 3.18. The number of carboxylic acids is 1. The SMILES string of the molecule is CC(C)C[C@@H](CN[C@@H](CCC(=O)O)C(=O)Nc1cccc2ncccc12)C(N)=O. The average Bonchev–Trinajstić information content (AvgIpc) is 2.66. The number of aromatic nitrogens is 1. The number of amides is 2. The zero-order chi connectivity index (χ0) is 21.4. The van der Waals surface area contributed by atoms with Gasteiger partial charge in [0.1, 0.15) is 0 Å². The number of pyridine rings is 1. The first-order valence-corrected chi connectivity index (χ1v) is 9.67. The second-order valence-corrected chi connectivity index (χ2v) is 7.49. The lowest BCUT2D eigenvalue weighted by Crippen LogP contribution is -2.45. The Morgan fingerprint density at radius 3 is 2.59 bits per heavy atom. The maximum absolute atomic E-state index is 12.9. The van der Waals surface area contributed by atoms with Crippen molar-refractivity contribution in [2.75, 3.05) is 11.9 Å². The van der Waals surface area contributed by atoms with E-state index in [2.05, 4.69) is 15.6 Å². The minimum Gasteiger partial charge on any atom is -0.481 e. The molecule has 0 saturated carbocycles. The number of fused-ring (bicyclic) bond motifs is 1. The van der Waals surface area contributed by atoms with Crippen molar-refractivity contribution < 1.29 is 19.5 Å². The van der Waals surface area contributed by atoms with E-state index in [4.69, 9.17) is 10.8 Å². The first-order valence-electron chi connectivity index (χ1n) is 9.67. The van der Waals surface area contributed by atoms with Gasteiger partial charge in [0.15, 0.2) is 0 Å². The largest absolute Gasteiger partial charge is 0.481 e. The normalized spacial score (nSPS) is 13.2. The third-order valence-corrected chi connectivity index (χ3v) is 4.64. The van der Waals surface area contributed by atoms with E-state index < -0.39 is 23.8 Å². The third-order valence-electron chi connectivity index (χ3n) is 4.64. The fourth-order valence-electron chi connectivity index (χ4n) is 3.18. The molecule has 8 nitrogen and oxygen atoms in total. The van der Waals surface area contributed by atoms with Gasteiger partial charge in [-0.2, -0.15) is 0 Å². The number of anilines is 1. The smallest absolute Gasteiger partial charge is 0.303 e. The molecule has 0 radical (unpaired) electrons. The van der Waals surface area contributed by atoms with Crippen molar-refractivity contribution in [3.05, 3.63) is 36.5 Å². The van der Waals surface area contributed by atoms with E-state index in [0.29, 0.717) is 12.1 Å². The number of aliphatic carboxylic acids is 1. The Labute approximate surface area is 169 Å². The van der Waals surface area contributed by atoms with Crippen LogP contribution in [0.25, 0.3) is 10.9 Å². The Morgan fingerprint density at radius 1 is 1.17 bits per heavy atom. The molecule has 5 N–H and O–H groups in total. The summed E-state index contributed by atoms with van der Waals surface area (Å²) in [6, 6.07) is 8.25. The number of primary amides is 1. The molecule has 0 saturated heterocycles. The van der Waals surface area contributed by atoms with Gasteiger partial charge in [0.2, 0.25) is 11.8 Å². The molecule has 29 heavy (non-hydrogen) atoms. The highest BCUT2D eigenvalue weighted by Gasteiger charge is 2.24. The van der Waals surface area contributed by atoms with Crippen LogP contribution in [-0.4, -0.2) is 40.5 Å². The number of hydrogen-bond acceptors (Lipinski definition) is 5. The molecule has 2 atom stereocenters.